The van der Waals surface area contributed by atoms with Crippen molar-refractivity contribution in [3.8, 4) is 0 Å². The minimum atomic E-state index is 0.0125. The first-order chi connectivity index (χ1) is 9.28. The number of ether oxygens (including phenoxy) is 1. The van der Waals surface area contributed by atoms with Crippen molar-refractivity contribution in [2.75, 3.05) is 19.5 Å². The molecule has 19 heavy (non-hydrogen) atoms. The molecule has 1 fully saturated rings. The molecule has 4 heteroatoms. The van der Waals surface area contributed by atoms with Crippen molar-refractivity contribution in [2.24, 2.45) is 0 Å². The van der Waals surface area contributed by atoms with Crippen LogP contribution in [0.2, 0.25) is 0 Å². The number of nitrogens with zero attached hydrogens (tertiary/aromatic N) is 2. The lowest BCUT2D eigenvalue weighted by atomic mass is 10.0. The van der Waals surface area contributed by atoms with Crippen LogP contribution in [0.5, 0.6) is 0 Å². The summed E-state index contributed by atoms with van der Waals surface area (Å²) in [6, 6.07) is 2.10. The van der Waals surface area contributed by atoms with E-state index in [-0.39, 0.29) is 6.10 Å². The van der Waals surface area contributed by atoms with E-state index < -0.39 is 0 Å². The van der Waals surface area contributed by atoms with Gasteiger partial charge in [-0.15, -0.1) is 0 Å². The summed E-state index contributed by atoms with van der Waals surface area (Å²) in [7, 11) is 3.65. The predicted octanol–water partition coefficient (Wildman–Crippen LogP) is 3.66. The number of nitrogens with one attached hydrogen (secondary N) is 1. The van der Waals surface area contributed by atoms with Gasteiger partial charge in [0.05, 0.1) is 0 Å². The summed E-state index contributed by atoms with van der Waals surface area (Å²) in [5.41, 5.74) is 1.19. The van der Waals surface area contributed by atoms with E-state index in [9.17, 15) is 0 Å². The molecule has 1 aliphatic carbocycles. The minimum absolute atomic E-state index is 0.0125. The smallest absolute Gasteiger partial charge is 0.159 e. The highest BCUT2D eigenvalue weighted by molar-refractivity contribution is 5.36. The van der Waals surface area contributed by atoms with Crippen molar-refractivity contribution in [3.63, 3.8) is 0 Å². The molecule has 0 amide bonds. The van der Waals surface area contributed by atoms with Gasteiger partial charge in [0.2, 0.25) is 0 Å². The molecule has 1 saturated carbocycles. The van der Waals surface area contributed by atoms with Gasteiger partial charge >= 0.3 is 0 Å². The number of anilines is 1. The van der Waals surface area contributed by atoms with E-state index in [0.717, 1.165) is 24.5 Å². The van der Waals surface area contributed by atoms with Gasteiger partial charge in [-0.25, -0.2) is 9.97 Å². The Bertz CT molecular complexity index is 402. The first-order valence-electron chi connectivity index (χ1n) is 7.37. The van der Waals surface area contributed by atoms with Crippen molar-refractivity contribution in [1.29, 1.82) is 0 Å². The maximum absolute atomic E-state index is 5.54. The highest BCUT2D eigenvalue weighted by Crippen LogP contribution is 2.34. The molecule has 1 atom stereocenters. The second-order valence-electron chi connectivity index (χ2n) is 5.28. The summed E-state index contributed by atoms with van der Waals surface area (Å²) in [6.45, 7) is 2.16. The summed E-state index contributed by atoms with van der Waals surface area (Å²) in [4.78, 5) is 9.34. The molecule has 1 aromatic heterocycles. The summed E-state index contributed by atoms with van der Waals surface area (Å²) >= 11 is 0. The Morgan fingerprint density at radius 1 is 1.37 bits per heavy atom. The van der Waals surface area contributed by atoms with Crippen LogP contribution >= 0.6 is 0 Å². The van der Waals surface area contributed by atoms with Crippen LogP contribution in [-0.4, -0.2) is 24.1 Å². The van der Waals surface area contributed by atoms with Gasteiger partial charge in [-0.1, -0.05) is 26.2 Å². The number of aromatic nitrogens is 2. The molecule has 0 bridgehead atoms. The molecular weight excluding hydrogens is 238 g/mol. The molecule has 1 aromatic rings. The SMILES string of the molecule is CCCC(OC)c1nc(NC)cc(C2CCCC2)n1. The largest absolute Gasteiger partial charge is 0.373 e. The number of rotatable bonds is 6. The monoisotopic (exact) mass is 263 g/mol. The van der Waals surface area contributed by atoms with Gasteiger partial charge < -0.3 is 10.1 Å². The normalized spacial score (nSPS) is 17.6. The fourth-order valence-corrected chi connectivity index (χ4v) is 2.80. The zero-order chi connectivity index (χ0) is 13.7. The highest BCUT2D eigenvalue weighted by Gasteiger charge is 2.22. The summed E-state index contributed by atoms with van der Waals surface area (Å²) in [5, 5.41) is 3.15. The molecule has 0 radical (unpaired) electrons. The lowest BCUT2D eigenvalue weighted by Gasteiger charge is -2.17. The Morgan fingerprint density at radius 3 is 2.68 bits per heavy atom. The zero-order valence-corrected chi connectivity index (χ0v) is 12.3. The molecule has 1 heterocycles. The Morgan fingerprint density at radius 2 is 2.11 bits per heavy atom. The topological polar surface area (TPSA) is 47.0 Å². The first-order valence-corrected chi connectivity index (χ1v) is 7.37. The van der Waals surface area contributed by atoms with E-state index in [4.69, 9.17) is 9.72 Å². The second-order valence-corrected chi connectivity index (χ2v) is 5.28. The van der Waals surface area contributed by atoms with Gasteiger partial charge in [0.15, 0.2) is 5.82 Å². The maximum atomic E-state index is 5.54. The Hall–Kier alpha value is -1.16. The van der Waals surface area contributed by atoms with Crippen molar-refractivity contribution in [3.05, 3.63) is 17.6 Å². The van der Waals surface area contributed by atoms with Crippen LogP contribution in [0.1, 0.15) is 69.0 Å². The molecule has 0 aromatic carbocycles. The average Bonchev–Trinajstić information content (AvgIpc) is 2.98. The van der Waals surface area contributed by atoms with Crippen LogP contribution in [-0.2, 0) is 4.74 Å². The maximum Gasteiger partial charge on any atom is 0.159 e. The van der Waals surface area contributed by atoms with Crippen LogP contribution in [0.25, 0.3) is 0 Å². The van der Waals surface area contributed by atoms with Gasteiger partial charge in [-0.2, -0.15) is 0 Å². The molecular formula is C15H25N3O. The van der Waals surface area contributed by atoms with Crippen LogP contribution in [0.3, 0.4) is 0 Å². The second kappa shape index (κ2) is 6.85. The molecule has 1 unspecified atom stereocenters. The van der Waals surface area contributed by atoms with E-state index in [1.54, 1.807) is 7.11 Å². The van der Waals surface area contributed by atoms with Crippen molar-refractivity contribution < 1.29 is 4.74 Å². The van der Waals surface area contributed by atoms with Crippen molar-refractivity contribution in [2.45, 2.75) is 57.5 Å². The van der Waals surface area contributed by atoms with Crippen molar-refractivity contribution in [1.82, 2.24) is 9.97 Å². The fraction of sp³-hybridized carbons (Fsp3) is 0.733. The zero-order valence-electron chi connectivity index (χ0n) is 12.3. The molecule has 0 aliphatic heterocycles. The quantitative estimate of drug-likeness (QED) is 0.850. The summed E-state index contributed by atoms with van der Waals surface area (Å²) in [5.74, 6) is 2.34. The van der Waals surface area contributed by atoms with E-state index >= 15 is 0 Å². The summed E-state index contributed by atoms with van der Waals surface area (Å²) < 4.78 is 5.54. The molecule has 106 valence electrons. The summed E-state index contributed by atoms with van der Waals surface area (Å²) in [6.07, 6.45) is 7.20. The van der Waals surface area contributed by atoms with Crippen LogP contribution in [0.15, 0.2) is 6.07 Å². The minimum Gasteiger partial charge on any atom is -0.373 e. The van der Waals surface area contributed by atoms with Gasteiger partial charge in [0.25, 0.3) is 0 Å². The lowest BCUT2D eigenvalue weighted by molar-refractivity contribution is 0.0874. The average molecular weight is 263 g/mol. The number of hydrogen-bond acceptors (Lipinski definition) is 4. The fourth-order valence-electron chi connectivity index (χ4n) is 2.80. The van der Waals surface area contributed by atoms with Crippen LogP contribution in [0, 0.1) is 0 Å². The van der Waals surface area contributed by atoms with Crippen LogP contribution in [0.4, 0.5) is 5.82 Å². The third kappa shape index (κ3) is 3.44. The van der Waals surface area contributed by atoms with E-state index in [0.29, 0.717) is 5.92 Å². The van der Waals surface area contributed by atoms with Gasteiger partial charge in [0.1, 0.15) is 11.9 Å². The van der Waals surface area contributed by atoms with E-state index in [1.165, 1.54) is 31.4 Å². The highest BCUT2D eigenvalue weighted by atomic mass is 16.5. The van der Waals surface area contributed by atoms with Gasteiger partial charge in [-0.05, 0) is 19.3 Å². The molecule has 1 N–H and O–H groups in total. The molecule has 0 spiro atoms. The van der Waals surface area contributed by atoms with Crippen molar-refractivity contribution >= 4 is 5.82 Å². The van der Waals surface area contributed by atoms with Gasteiger partial charge in [0, 0.05) is 31.8 Å². The molecule has 4 nitrogen and oxygen atoms in total. The molecule has 2 rings (SSSR count). The Kier molecular flexibility index (Phi) is 5.14. The standard InChI is InChI=1S/C15H25N3O/c1-4-7-13(19-3)15-17-12(10-14(16-2)18-15)11-8-5-6-9-11/h10-11,13H,4-9H2,1-3H3,(H,16,17,18). The Balaban J connectivity index is 2.28. The van der Waals surface area contributed by atoms with Crippen LogP contribution < -0.4 is 5.32 Å². The third-order valence-electron chi connectivity index (χ3n) is 3.92. The van der Waals surface area contributed by atoms with Gasteiger partial charge in [-0.3, -0.25) is 0 Å². The molecule has 1 aliphatic rings. The molecule has 0 saturated heterocycles. The first kappa shape index (κ1) is 14.3. The third-order valence-corrected chi connectivity index (χ3v) is 3.92. The number of methoxy groups -OCH3 is 1. The Labute approximate surface area is 116 Å². The van der Waals surface area contributed by atoms with E-state index in [1.807, 2.05) is 7.05 Å². The number of hydrogen-bond donors (Lipinski definition) is 1. The predicted molar refractivity (Wildman–Crippen MR) is 77.4 cm³/mol. The van der Waals surface area contributed by atoms with E-state index in [2.05, 4.69) is 23.3 Å². The lowest BCUT2D eigenvalue weighted by Crippen LogP contribution is -2.11.